The number of nitrogens with zero attached hydrogens (tertiary/aromatic N) is 4. The van der Waals surface area contributed by atoms with E-state index in [-0.39, 0.29) is 18.4 Å². The third-order valence-electron chi connectivity index (χ3n) is 3.75. The number of fused-ring (bicyclic) bond motifs is 1. The van der Waals surface area contributed by atoms with Crippen molar-refractivity contribution in [1.82, 2.24) is 25.0 Å². The lowest BCUT2D eigenvalue weighted by Gasteiger charge is -2.27. The zero-order valence-electron chi connectivity index (χ0n) is 12.3. The van der Waals surface area contributed by atoms with Crippen LogP contribution in [0.15, 0.2) is 6.07 Å². The summed E-state index contributed by atoms with van der Waals surface area (Å²) in [7, 11) is 1.83. The number of carbonyl (C=O) groups is 2. The molecule has 2 aromatic heterocycles. The van der Waals surface area contributed by atoms with Crippen LogP contribution < -0.4 is 5.32 Å². The maximum Gasteiger partial charge on any atom is 0.256 e. The van der Waals surface area contributed by atoms with E-state index < -0.39 is 0 Å². The minimum absolute atomic E-state index is 0.0995. The first-order chi connectivity index (χ1) is 9.97. The van der Waals surface area contributed by atoms with Gasteiger partial charge < -0.3 is 10.2 Å². The van der Waals surface area contributed by atoms with Crippen LogP contribution in [0.3, 0.4) is 0 Å². The zero-order valence-corrected chi connectivity index (χ0v) is 12.3. The normalized spacial score (nSPS) is 15.4. The summed E-state index contributed by atoms with van der Waals surface area (Å²) >= 11 is 0. The van der Waals surface area contributed by atoms with Crippen LogP contribution in [0.5, 0.6) is 0 Å². The van der Waals surface area contributed by atoms with Crippen molar-refractivity contribution in [2.75, 3.05) is 19.6 Å². The van der Waals surface area contributed by atoms with E-state index >= 15 is 0 Å². The number of hydrogen-bond acceptors (Lipinski definition) is 4. The second-order valence-electron chi connectivity index (χ2n) is 5.28. The Balaban J connectivity index is 2.03. The van der Waals surface area contributed by atoms with Crippen LogP contribution in [0, 0.1) is 13.8 Å². The first-order valence-corrected chi connectivity index (χ1v) is 6.84. The molecule has 2 aromatic rings. The summed E-state index contributed by atoms with van der Waals surface area (Å²) in [6, 6.07) is 1.83. The number of rotatable bonds is 1. The van der Waals surface area contributed by atoms with Crippen LogP contribution >= 0.6 is 0 Å². The quantitative estimate of drug-likeness (QED) is 0.810. The van der Waals surface area contributed by atoms with E-state index in [1.807, 2.05) is 20.0 Å². The van der Waals surface area contributed by atoms with Crippen LogP contribution in [0.25, 0.3) is 11.0 Å². The molecule has 0 unspecified atom stereocenters. The number of nitrogens with one attached hydrogen (secondary N) is 1. The second-order valence-corrected chi connectivity index (χ2v) is 5.28. The van der Waals surface area contributed by atoms with E-state index in [2.05, 4.69) is 15.4 Å². The van der Waals surface area contributed by atoms with E-state index in [0.717, 1.165) is 16.7 Å². The lowest BCUT2D eigenvalue weighted by molar-refractivity contribution is -0.123. The minimum Gasteiger partial charge on any atom is -0.353 e. The molecule has 7 nitrogen and oxygen atoms in total. The highest BCUT2D eigenvalue weighted by Gasteiger charge is 2.24. The predicted octanol–water partition coefficient (Wildman–Crippen LogP) is 0.157. The molecule has 1 aliphatic heterocycles. The van der Waals surface area contributed by atoms with Gasteiger partial charge in [-0.15, -0.1) is 0 Å². The average molecular weight is 287 g/mol. The smallest absolute Gasteiger partial charge is 0.256 e. The highest BCUT2D eigenvalue weighted by Crippen LogP contribution is 2.20. The van der Waals surface area contributed by atoms with Gasteiger partial charge in [-0.05, 0) is 19.9 Å². The van der Waals surface area contributed by atoms with E-state index in [1.54, 1.807) is 16.5 Å². The van der Waals surface area contributed by atoms with Gasteiger partial charge in [0, 0.05) is 25.5 Å². The fourth-order valence-electron chi connectivity index (χ4n) is 2.63. The Labute approximate surface area is 121 Å². The van der Waals surface area contributed by atoms with Gasteiger partial charge in [0.2, 0.25) is 5.91 Å². The van der Waals surface area contributed by atoms with Crippen LogP contribution in [-0.2, 0) is 11.8 Å². The van der Waals surface area contributed by atoms with Gasteiger partial charge in [-0.2, -0.15) is 5.10 Å². The Morgan fingerprint density at radius 1 is 1.33 bits per heavy atom. The number of amides is 2. The van der Waals surface area contributed by atoms with Crippen molar-refractivity contribution in [2.24, 2.45) is 7.05 Å². The van der Waals surface area contributed by atoms with E-state index in [9.17, 15) is 9.59 Å². The van der Waals surface area contributed by atoms with Crippen molar-refractivity contribution in [2.45, 2.75) is 13.8 Å². The molecule has 0 saturated carbocycles. The Bertz CT molecular complexity index is 749. The van der Waals surface area contributed by atoms with Crippen molar-refractivity contribution in [1.29, 1.82) is 0 Å². The lowest BCUT2D eigenvalue weighted by Crippen LogP contribution is -2.50. The van der Waals surface area contributed by atoms with Gasteiger partial charge in [-0.1, -0.05) is 0 Å². The van der Waals surface area contributed by atoms with E-state index in [1.165, 1.54) is 0 Å². The Morgan fingerprint density at radius 3 is 2.81 bits per heavy atom. The molecular weight excluding hydrogens is 270 g/mol. The summed E-state index contributed by atoms with van der Waals surface area (Å²) in [5.74, 6) is -0.279. The summed E-state index contributed by atoms with van der Waals surface area (Å²) in [5, 5.41) is 7.90. The maximum absolute atomic E-state index is 12.6. The largest absolute Gasteiger partial charge is 0.353 e. The van der Waals surface area contributed by atoms with Gasteiger partial charge in [-0.3, -0.25) is 14.3 Å². The summed E-state index contributed by atoms with van der Waals surface area (Å²) < 4.78 is 1.71. The molecule has 1 saturated heterocycles. The van der Waals surface area contributed by atoms with Gasteiger partial charge in [0.15, 0.2) is 5.65 Å². The fraction of sp³-hybridized carbons (Fsp3) is 0.429. The molecule has 3 heterocycles. The molecule has 0 aliphatic carbocycles. The van der Waals surface area contributed by atoms with E-state index in [0.29, 0.717) is 24.3 Å². The second kappa shape index (κ2) is 4.83. The summed E-state index contributed by atoms with van der Waals surface area (Å²) in [5.41, 5.74) is 2.79. The molecule has 0 radical (unpaired) electrons. The summed E-state index contributed by atoms with van der Waals surface area (Å²) in [6.45, 7) is 4.81. The number of hydrogen-bond donors (Lipinski definition) is 1. The maximum atomic E-state index is 12.6. The van der Waals surface area contributed by atoms with Crippen molar-refractivity contribution < 1.29 is 9.59 Å². The number of pyridine rings is 1. The summed E-state index contributed by atoms with van der Waals surface area (Å²) in [4.78, 5) is 30.1. The first kappa shape index (κ1) is 13.5. The van der Waals surface area contributed by atoms with Crippen LogP contribution in [-0.4, -0.2) is 51.1 Å². The zero-order chi connectivity index (χ0) is 15.1. The molecular formula is C14H17N5O2. The minimum atomic E-state index is -0.153. The highest BCUT2D eigenvalue weighted by molar-refractivity contribution is 6.00. The highest BCUT2D eigenvalue weighted by atomic mass is 16.2. The molecule has 7 heteroatoms. The number of aromatic nitrogens is 3. The summed E-state index contributed by atoms with van der Waals surface area (Å²) in [6.07, 6.45) is 0. The first-order valence-electron chi connectivity index (χ1n) is 6.84. The number of carbonyl (C=O) groups excluding carboxylic acids is 2. The van der Waals surface area contributed by atoms with Crippen molar-refractivity contribution >= 4 is 22.8 Å². The van der Waals surface area contributed by atoms with Crippen LogP contribution in [0.2, 0.25) is 0 Å². The van der Waals surface area contributed by atoms with Crippen molar-refractivity contribution in [3.8, 4) is 0 Å². The average Bonchev–Trinajstić information content (AvgIpc) is 2.72. The lowest BCUT2D eigenvalue weighted by atomic mass is 10.1. The molecule has 2 amide bonds. The van der Waals surface area contributed by atoms with Crippen molar-refractivity contribution in [3.05, 3.63) is 23.0 Å². The van der Waals surface area contributed by atoms with Crippen LogP contribution in [0.1, 0.15) is 21.7 Å². The van der Waals surface area contributed by atoms with Crippen LogP contribution in [0.4, 0.5) is 0 Å². The third kappa shape index (κ3) is 2.24. The molecule has 3 rings (SSSR count). The SMILES string of the molecule is Cc1nc2c(cc1C(=O)N1CCNC(=O)C1)c(C)nn2C. The fourth-order valence-corrected chi connectivity index (χ4v) is 2.63. The van der Waals surface area contributed by atoms with E-state index in [4.69, 9.17) is 0 Å². The topological polar surface area (TPSA) is 80.1 Å². The molecule has 21 heavy (non-hydrogen) atoms. The van der Waals surface area contributed by atoms with Gasteiger partial charge >= 0.3 is 0 Å². The monoisotopic (exact) mass is 287 g/mol. The molecule has 110 valence electrons. The Morgan fingerprint density at radius 2 is 2.10 bits per heavy atom. The standard InChI is InChI=1S/C14H17N5O2/c1-8-11(14(21)19-5-4-15-12(20)7-19)6-10-9(2)17-18(3)13(10)16-8/h6H,4-5,7H2,1-3H3,(H,15,20). The Hall–Kier alpha value is -2.44. The molecule has 1 fully saturated rings. The molecule has 0 bridgehead atoms. The van der Waals surface area contributed by atoms with Crippen molar-refractivity contribution in [3.63, 3.8) is 0 Å². The van der Waals surface area contributed by atoms with Gasteiger partial charge in [0.05, 0.1) is 23.5 Å². The molecule has 1 aliphatic rings. The van der Waals surface area contributed by atoms with Gasteiger partial charge in [0.25, 0.3) is 5.91 Å². The van der Waals surface area contributed by atoms with Gasteiger partial charge in [-0.25, -0.2) is 4.98 Å². The number of aryl methyl sites for hydroxylation is 3. The molecule has 0 atom stereocenters. The third-order valence-corrected chi connectivity index (χ3v) is 3.75. The molecule has 1 N–H and O–H groups in total. The predicted molar refractivity (Wildman–Crippen MR) is 76.9 cm³/mol. The molecule has 0 aromatic carbocycles. The van der Waals surface area contributed by atoms with Gasteiger partial charge in [0.1, 0.15) is 0 Å². The Kier molecular flexibility index (Phi) is 3.12. The number of piperazine rings is 1. The molecule has 0 spiro atoms.